The van der Waals surface area contributed by atoms with E-state index in [9.17, 15) is 4.79 Å². The number of hydrogen-bond acceptors (Lipinski definition) is 2. The number of amides is 1. The minimum Gasteiger partial charge on any atom is -0.385 e. The predicted octanol–water partition coefficient (Wildman–Crippen LogP) is 2.10. The minimum absolute atomic E-state index is 0.0412. The third-order valence-corrected chi connectivity index (χ3v) is 2.18. The van der Waals surface area contributed by atoms with Gasteiger partial charge in [0, 0.05) is 25.2 Å². The van der Waals surface area contributed by atoms with E-state index >= 15 is 0 Å². The second kappa shape index (κ2) is 6.67. The summed E-state index contributed by atoms with van der Waals surface area (Å²) >= 11 is 0. The SMILES string of the molecule is C=CCNC(=O)CCNc1ccc(C)cc1. The number of carbonyl (C=O) groups excluding carboxylic acids is 1. The number of benzene rings is 1. The second-order valence-corrected chi connectivity index (χ2v) is 3.64. The van der Waals surface area contributed by atoms with E-state index in [1.54, 1.807) is 6.08 Å². The van der Waals surface area contributed by atoms with Crippen LogP contribution in [0.3, 0.4) is 0 Å². The van der Waals surface area contributed by atoms with Crippen LogP contribution in [-0.4, -0.2) is 19.0 Å². The number of rotatable bonds is 6. The highest BCUT2D eigenvalue weighted by Gasteiger charge is 1.98. The predicted molar refractivity (Wildman–Crippen MR) is 67.5 cm³/mol. The summed E-state index contributed by atoms with van der Waals surface area (Å²) in [6, 6.07) is 8.11. The lowest BCUT2D eigenvalue weighted by molar-refractivity contribution is -0.120. The molecule has 0 bridgehead atoms. The van der Waals surface area contributed by atoms with E-state index in [1.165, 1.54) is 5.56 Å². The molecule has 86 valence electrons. The molecule has 2 N–H and O–H groups in total. The highest BCUT2D eigenvalue weighted by Crippen LogP contribution is 2.07. The van der Waals surface area contributed by atoms with Crippen LogP contribution < -0.4 is 10.6 Å². The van der Waals surface area contributed by atoms with Crippen LogP contribution in [0.4, 0.5) is 5.69 Å². The Morgan fingerprint density at radius 3 is 2.69 bits per heavy atom. The quantitative estimate of drug-likeness (QED) is 0.718. The maximum atomic E-state index is 11.2. The zero-order valence-corrected chi connectivity index (χ0v) is 9.62. The summed E-state index contributed by atoms with van der Waals surface area (Å²) in [7, 11) is 0. The Balaban J connectivity index is 2.22. The molecule has 0 aromatic heterocycles. The van der Waals surface area contributed by atoms with Crippen LogP contribution in [0.2, 0.25) is 0 Å². The summed E-state index contributed by atoms with van der Waals surface area (Å²) in [4.78, 5) is 11.2. The molecule has 0 radical (unpaired) electrons. The molecular weight excluding hydrogens is 200 g/mol. The van der Waals surface area contributed by atoms with Gasteiger partial charge in [0.2, 0.25) is 5.91 Å². The molecule has 16 heavy (non-hydrogen) atoms. The summed E-state index contributed by atoms with van der Waals surface area (Å²) < 4.78 is 0. The molecule has 1 amide bonds. The molecule has 1 aromatic rings. The highest BCUT2D eigenvalue weighted by molar-refractivity contribution is 5.76. The molecule has 1 rings (SSSR count). The van der Waals surface area contributed by atoms with Crippen molar-refractivity contribution in [1.29, 1.82) is 0 Å². The molecule has 0 aliphatic heterocycles. The molecule has 0 aliphatic rings. The first kappa shape index (κ1) is 12.3. The summed E-state index contributed by atoms with van der Waals surface area (Å²) in [5.41, 5.74) is 2.27. The van der Waals surface area contributed by atoms with Crippen LogP contribution in [0.1, 0.15) is 12.0 Å². The lowest BCUT2D eigenvalue weighted by Gasteiger charge is -2.06. The normalized spacial score (nSPS) is 9.56. The first-order valence-corrected chi connectivity index (χ1v) is 5.40. The van der Waals surface area contributed by atoms with Gasteiger partial charge in [-0.2, -0.15) is 0 Å². The third kappa shape index (κ3) is 4.64. The van der Waals surface area contributed by atoms with Gasteiger partial charge in [-0.15, -0.1) is 6.58 Å². The van der Waals surface area contributed by atoms with Crippen LogP contribution >= 0.6 is 0 Å². The Labute approximate surface area is 96.6 Å². The van der Waals surface area contributed by atoms with Crippen molar-refractivity contribution >= 4 is 11.6 Å². The Morgan fingerprint density at radius 1 is 1.38 bits per heavy atom. The van der Waals surface area contributed by atoms with Crippen LogP contribution in [0.25, 0.3) is 0 Å². The van der Waals surface area contributed by atoms with Gasteiger partial charge in [0.25, 0.3) is 0 Å². The van der Waals surface area contributed by atoms with Crippen LogP contribution in [-0.2, 0) is 4.79 Å². The van der Waals surface area contributed by atoms with E-state index in [0.29, 0.717) is 19.5 Å². The maximum absolute atomic E-state index is 11.2. The molecule has 1 aromatic carbocycles. The van der Waals surface area contributed by atoms with Gasteiger partial charge in [-0.3, -0.25) is 4.79 Å². The van der Waals surface area contributed by atoms with E-state index < -0.39 is 0 Å². The summed E-state index contributed by atoms with van der Waals surface area (Å²) in [6.45, 7) is 6.76. The molecule has 0 atom stereocenters. The zero-order valence-electron chi connectivity index (χ0n) is 9.62. The molecule has 0 heterocycles. The summed E-state index contributed by atoms with van der Waals surface area (Å²) in [5, 5.41) is 5.92. The Hall–Kier alpha value is -1.77. The van der Waals surface area contributed by atoms with Crippen LogP contribution in [0, 0.1) is 6.92 Å². The third-order valence-electron chi connectivity index (χ3n) is 2.18. The Bertz CT molecular complexity index is 343. The molecule has 0 aliphatic carbocycles. The smallest absolute Gasteiger partial charge is 0.222 e. The highest BCUT2D eigenvalue weighted by atomic mass is 16.1. The fraction of sp³-hybridized carbons (Fsp3) is 0.308. The van der Waals surface area contributed by atoms with Gasteiger partial charge in [-0.25, -0.2) is 0 Å². The number of nitrogens with one attached hydrogen (secondary N) is 2. The monoisotopic (exact) mass is 218 g/mol. The van der Waals surface area contributed by atoms with Crippen molar-refractivity contribution in [3.63, 3.8) is 0 Å². The molecular formula is C13H18N2O. The van der Waals surface area contributed by atoms with E-state index in [1.807, 2.05) is 31.2 Å². The average Bonchev–Trinajstić information content (AvgIpc) is 2.29. The largest absolute Gasteiger partial charge is 0.385 e. The van der Waals surface area contributed by atoms with Crippen molar-refractivity contribution in [2.75, 3.05) is 18.4 Å². The topological polar surface area (TPSA) is 41.1 Å². The van der Waals surface area contributed by atoms with Crippen molar-refractivity contribution in [3.8, 4) is 0 Å². The van der Waals surface area contributed by atoms with Gasteiger partial charge >= 0.3 is 0 Å². The lowest BCUT2D eigenvalue weighted by Crippen LogP contribution is -2.25. The van der Waals surface area contributed by atoms with Gasteiger partial charge in [0.1, 0.15) is 0 Å². The van der Waals surface area contributed by atoms with E-state index in [-0.39, 0.29) is 5.91 Å². The second-order valence-electron chi connectivity index (χ2n) is 3.64. The van der Waals surface area contributed by atoms with Gasteiger partial charge in [-0.1, -0.05) is 23.8 Å². The Kier molecular flexibility index (Phi) is 5.12. The molecule has 0 fully saturated rings. The van der Waals surface area contributed by atoms with Gasteiger partial charge in [0.15, 0.2) is 0 Å². The van der Waals surface area contributed by atoms with Crippen molar-refractivity contribution in [3.05, 3.63) is 42.5 Å². The summed E-state index contributed by atoms with van der Waals surface area (Å²) in [6.07, 6.45) is 2.15. The van der Waals surface area contributed by atoms with Crippen LogP contribution in [0.15, 0.2) is 36.9 Å². The molecule has 3 heteroatoms. The maximum Gasteiger partial charge on any atom is 0.222 e. The van der Waals surface area contributed by atoms with E-state index in [0.717, 1.165) is 5.69 Å². The standard InChI is InChI=1S/C13H18N2O/c1-3-9-15-13(16)8-10-14-12-6-4-11(2)5-7-12/h3-7,14H,1,8-10H2,2H3,(H,15,16). The molecule has 0 unspecified atom stereocenters. The fourth-order valence-corrected chi connectivity index (χ4v) is 1.27. The van der Waals surface area contributed by atoms with Gasteiger partial charge in [-0.05, 0) is 19.1 Å². The van der Waals surface area contributed by atoms with Crippen molar-refractivity contribution < 1.29 is 4.79 Å². The lowest BCUT2D eigenvalue weighted by atomic mass is 10.2. The van der Waals surface area contributed by atoms with Gasteiger partial charge < -0.3 is 10.6 Å². The number of carbonyl (C=O) groups is 1. The molecule has 0 spiro atoms. The van der Waals surface area contributed by atoms with E-state index in [4.69, 9.17) is 0 Å². The first-order valence-electron chi connectivity index (χ1n) is 5.40. The van der Waals surface area contributed by atoms with Crippen LogP contribution in [0.5, 0.6) is 0 Å². The summed E-state index contributed by atoms with van der Waals surface area (Å²) in [5.74, 6) is 0.0412. The molecule has 3 nitrogen and oxygen atoms in total. The first-order chi connectivity index (χ1) is 7.72. The van der Waals surface area contributed by atoms with Crippen molar-refractivity contribution in [1.82, 2.24) is 5.32 Å². The number of aryl methyl sites for hydroxylation is 1. The minimum atomic E-state index is 0.0412. The van der Waals surface area contributed by atoms with Gasteiger partial charge in [0.05, 0.1) is 0 Å². The number of anilines is 1. The zero-order chi connectivity index (χ0) is 11.8. The molecule has 0 saturated carbocycles. The number of hydrogen-bond donors (Lipinski definition) is 2. The van der Waals surface area contributed by atoms with E-state index in [2.05, 4.69) is 17.2 Å². The average molecular weight is 218 g/mol. The van der Waals surface area contributed by atoms with Crippen molar-refractivity contribution in [2.24, 2.45) is 0 Å². The molecule has 0 saturated heterocycles. The fourth-order valence-electron chi connectivity index (χ4n) is 1.27. The van der Waals surface area contributed by atoms with Crippen molar-refractivity contribution in [2.45, 2.75) is 13.3 Å². The Morgan fingerprint density at radius 2 is 2.06 bits per heavy atom.